The van der Waals surface area contributed by atoms with E-state index < -0.39 is 0 Å². The van der Waals surface area contributed by atoms with Crippen LogP contribution in [-0.4, -0.2) is 6.54 Å². The van der Waals surface area contributed by atoms with Crippen molar-refractivity contribution in [1.29, 1.82) is 0 Å². The van der Waals surface area contributed by atoms with Crippen LogP contribution in [0.4, 0.5) is 5.69 Å². The van der Waals surface area contributed by atoms with Crippen molar-refractivity contribution in [3.8, 4) is 0 Å². The maximum Gasteiger partial charge on any atom is 0.213 e. The first-order valence-corrected chi connectivity index (χ1v) is 11.3. The van der Waals surface area contributed by atoms with Crippen molar-refractivity contribution in [2.45, 2.75) is 26.8 Å². The maximum absolute atomic E-state index is 3.85. The molecule has 0 unspecified atom stereocenters. The van der Waals surface area contributed by atoms with Gasteiger partial charge in [0.2, 0.25) is 5.52 Å². The molecular formula is C30H31N2+. The number of allylic oxidation sites excluding steroid dienone is 7. The van der Waals surface area contributed by atoms with E-state index in [0.717, 1.165) is 19.5 Å². The third-order valence-electron chi connectivity index (χ3n) is 5.88. The predicted octanol–water partition coefficient (Wildman–Crippen LogP) is 7.10. The standard InChI is InChI=1S/C30H31N2/c1-4-6-21-32-23-20-26(28-12-8-10-14-30(28)32)18-16-24(3)15-17-25-19-22-31(5-2)29-13-9-7-11-27(25)29/h4,7-20,22-23H,1,5-6,21H2,2-3H3/q+1. The molecule has 0 bridgehead atoms. The second-order valence-corrected chi connectivity index (χ2v) is 8.04. The lowest BCUT2D eigenvalue weighted by molar-refractivity contribution is -0.670. The molecular weight excluding hydrogens is 388 g/mol. The normalized spacial score (nSPS) is 15.0. The quantitative estimate of drug-likeness (QED) is 0.225. The van der Waals surface area contributed by atoms with Crippen molar-refractivity contribution < 1.29 is 4.57 Å². The largest absolute Gasteiger partial charge is 0.348 e. The Kier molecular flexibility index (Phi) is 6.81. The summed E-state index contributed by atoms with van der Waals surface area (Å²) in [6.07, 6.45) is 18.3. The van der Waals surface area contributed by atoms with Crippen LogP contribution in [0, 0.1) is 0 Å². The minimum Gasteiger partial charge on any atom is -0.348 e. The molecule has 0 fully saturated rings. The van der Waals surface area contributed by atoms with Crippen molar-refractivity contribution in [3.63, 3.8) is 0 Å². The molecule has 32 heavy (non-hydrogen) atoms. The number of benzene rings is 2. The minimum atomic E-state index is 0.949. The Bertz CT molecular complexity index is 1240. The van der Waals surface area contributed by atoms with Gasteiger partial charge >= 0.3 is 0 Å². The molecule has 1 aliphatic heterocycles. The Balaban J connectivity index is 1.60. The summed E-state index contributed by atoms with van der Waals surface area (Å²) in [5, 5.41) is 1.27. The van der Waals surface area contributed by atoms with E-state index in [2.05, 4.69) is 127 Å². The second kappa shape index (κ2) is 10.1. The number of aryl methyl sites for hydroxylation is 1. The van der Waals surface area contributed by atoms with Crippen LogP contribution in [0.3, 0.4) is 0 Å². The molecule has 2 nitrogen and oxygen atoms in total. The molecule has 2 heteroatoms. The third kappa shape index (κ3) is 4.65. The minimum absolute atomic E-state index is 0.949. The van der Waals surface area contributed by atoms with E-state index >= 15 is 0 Å². The van der Waals surface area contributed by atoms with Crippen LogP contribution in [-0.2, 0) is 6.54 Å². The van der Waals surface area contributed by atoms with Crippen LogP contribution in [0.15, 0.2) is 110 Å². The summed E-state index contributed by atoms with van der Waals surface area (Å²) in [6, 6.07) is 19.4. The number of hydrogen-bond acceptors (Lipinski definition) is 1. The van der Waals surface area contributed by atoms with Crippen LogP contribution in [0.2, 0.25) is 0 Å². The van der Waals surface area contributed by atoms with Crippen molar-refractivity contribution in [3.05, 3.63) is 121 Å². The number of aromatic nitrogens is 1. The lowest BCUT2D eigenvalue weighted by atomic mass is 9.99. The molecule has 0 atom stereocenters. The Morgan fingerprint density at radius 2 is 1.88 bits per heavy atom. The number of anilines is 1. The number of rotatable bonds is 7. The molecule has 0 radical (unpaired) electrons. The maximum atomic E-state index is 3.85. The van der Waals surface area contributed by atoms with Crippen molar-refractivity contribution in [1.82, 2.24) is 0 Å². The van der Waals surface area contributed by atoms with E-state index in [1.54, 1.807) is 0 Å². The molecule has 0 saturated heterocycles. The molecule has 0 saturated carbocycles. The highest BCUT2D eigenvalue weighted by molar-refractivity contribution is 5.87. The molecule has 1 aromatic heterocycles. The van der Waals surface area contributed by atoms with Gasteiger partial charge in [-0.15, -0.1) is 6.58 Å². The highest BCUT2D eigenvalue weighted by Crippen LogP contribution is 2.32. The molecule has 1 aliphatic rings. The zero-order chi connectivity index (χ0) is 22.3. The average molecular weight is 420 g/mol. The lowest BCUT2D eigenvalue weighted by Crippen LogP contribution is -2.34. The van der Waals surface area contributed by atoms with Crippen molar-refractivity contribution in [2.24, 2.45) is 0 Å². The molecule has 160 valence electrons. The highest BCUT2D eigenvalue weighted by atomic mass is 15.1. The molecule has 0 aliphatic carbocycles. The number of nitrogens with zero attached hydrogens (tertiary/aromatic N) is 2. The SMILES string of the molecule is C=CCC[n+]1ccc(/C=C/C(C)=C/C=C2/C=CN(CC)c3ccccc32)c2ccccc21. The van der Waals surface area contributed by atoms with E-state index in [1.807, 2.05) is 6.08 Å². The summed E-state index contributed by atoms with van der Waals surface area (Å²) >= 11 is 0. The fraction of sp³-hybridized carbons (Fsp3) is 0.167. The van der Waals surface area contributed by atoms with Crippen LogP contribution in [0.1, 0.15) is 31.4 Å². The highest BCUT2D eigenvalue weighted by Gasteiger charge is 2.13. The number of fused-ring (bicyclic) bond motifs is 2. The van der Waals surface area contributed by atoms with Gasteiger partial charge in [0.25, 0.3) is 0 Å². The van der Waals surface area contributed by atoms with Crippen LogP contribution in [0.5, 0.6) is 0 Å². The van der Waals surface area contributed by atoms with Gasteiger partial charge in [-0.3, -0.25) is 0 Å². The molecule has 0 spiro atoms. The fourth-order valence-electron chi connectivity index (χ4n) is 4.11. The first-order valence-electron chi connectivity index (χ1n) is 11.3. The number of pyridine rings is 1. The number of hydrogen-bond donors (Lipinski definition) is 0. The van der Waals surface area contributed by atoms with Crippen LogP contribution >= 0.6 is 0 Å². The first-order chi connectivity index (χ1) is 15.7. The van der Waals surface area contributed by atoms with E-state index in [-0.39, 0.29) is 0 Å². The van der Waals surface area contributed by atoms with Crippen molar-refractivity contribution in [2.75, 3.05) is 11.4 Å². The number of para-hydroxylation sites is 2. The molecule has 2 heterocycles. The van der Waals surface area contributed by atoms with Gasteiger partial charge < -0.3 is 4.90 Å². The summed E-state index contributed by atoms with van der Waals surface area (Å²) in [7, 11) is 0. The average Bonchev–Trinajstić information content (AvgIpc) is 2.85. The zero-order valence-corrected chi connectivity index (χ0v) is 19.0. The van der Waals surface area contributed by atoms with Crippen LogP contribution in [0.25, 0.3) is 22.6 Å². The van der Waals surface area contributed by atoms with Gasteiger partial charge in [-0.1, -0.05) is 66.3 Å². The van der Waals surface area contributed by atoms with Gasteiger partial charge in [-0.2, -0.15) is 4.57 Å². The molecule has 2 aromatic carbocycles. The van der Waals surface area contributed by atoms with E-state index in [0.29, 0.717) is 0 Å². The fourth-order valence-corrected chi connectivity index (χ4v) is 4.11. The Labute approximate surface area is 191 Å². The van der Waals surface area contributed by atoms with Crippen molar-refractivity contribution >= 4 is 28.2 Å². The van der Waals surface area contributed by atoms with E-state index in [9.17, 15) is 0 Å². The smallest absolute Gasteiger partial charge is 0.213 e. The van der Waals surface area contributed by atoms with E-state index in [4.69, 9.17) is 0 Å². The van der Waals surface area contributed by atoms with Crippen LogP contribution < -0.4 is 9.47 Å². The van der Waals surface area contributed by atoms with Gasteiger partial charge in [0.1, 0.15) is 0 Å². The molecule has 4 rings (SSSR count). The summed E-state index contributed by atoms with van der Waals surface area (Å²) in [4.78, 5) is 2.28. The van der Waals surface area contributed by atoms with Gasteiger partial charge in [-0.05, 0) is 43.2 Å². The molecule has 0 amide bonds. The first kappa shape index (κ1) is 21.6. The Hall–Kier alpha value is -3.65. The summed E-state index contributed by atoms with van der Waals surface area (Å²) in [5.41, 5.74) is 7.50. The lowest BCUT2D eigenvalue weighted by Gasteiger charge is -2.26. The molecule has 0 N–H and O–H groups in total. The summed E-state index contributed by atoms with van der Waals surface area (Å²) < 4.78 is 2.30. The Morgan fingerprint density at radius 1 is 1.06 bits per heavy atom. The predicted molar refractivity (Wildman–Crippen MR) is 138 cm³/mol. The summed E-state index contributed by atoms with van der Waals surface area (Å²) in [6.45, 7) is 10.1. The Morgan fingerprint density at radius 3 is 2.72 bits per heavy atom. The monoisotopic (exact) mass is 419 g/mol. The second-order valence-electron chi connectivity index (χ2n) is 8.04. The summed E-state index contributed by atoms with van der Waals surface area (Å²) in [5.74, 6) is 0. The van der Waals surface area contributed by atoms with Gasteiger partial charge in [0, 0.05) is 42.5 Å². The van der Waals surface area contributed by atoms with Gasteiger partial charge in [-0.25, -0.2) is 0 Å². The topological polar surface area (TPSA) is 7.12 Å². The zero-order valence-electron chi connectivity index (χ0n) is 19.0. The van der Waals surface area contributed by atoms with Gasteiger partial charge in [0.05, 0.1) is 5.39 Å². The van der Waals surface area contributed by atoms with Gasteiger partial charge in [0.15, 0.2) is 12.7 Å². The third-order valence-corrected chi connectivity index (χ3v) is 5.88. The molecule has 3 aromatic rings. The van der Waals surface area contributed by atoms with E-state index in [1.165, 1.54) is 38.9 Å².